The third kappa shape index (κ3) is 5.06. The second kappa shape index (κ2) is 9.46. The summed E-state index contributed by atoms with van der Waals surface area (Å²) in [5, 5.41) is 13.1. The third-order valence-corrected chi connectivity index (χ3v) is 8.15. The lowest BCUT2D eigenvalue weighted by molar-refractivity contribution is 0.0680. The van der Waals surface area contributed by atoms with Gasteiger partial charge in [0.25, 0.3) is 5.91 Å². The standard InChI is InChI=1S/C21H26ClN3O4S2/c1-12-9-24(2)6-5-16-15(12)8-17(30-16)20(27)25-10-13(7-14(25)11-26)23-21(28)29-19-4-3-18(22)31-19/h3-4,8,12-14,26H,5-7,9-11H2,1-2H3,(H,23,28)/t12?,13-,14+/m1/s1. The van der Waals surface area contributed by atoms with Crippen molar-refractivity contribution < 1.29 is 19.4 Å². The quantitative estimate of drug-likeness (QED) is 0.696. The lowest BCUT2D eigenvalue weighted by Gasteiger charge is -2.22. The van der Waals surface area contributed by atoms with Gasteiger partial charge in [-0.1, -0.05) is 29.9 Å². The fourth-order valence-corrected chi connectivity index (χ4v) is 6.43. The number of carbonyl (C=O) groups is 2. The number of aliphatic hydroxyl groups is 1. The lowest BCUT2D eigenvalue weighted by atomic mass is 10.0. The zero-order valence-electron chi connectivity index (χ0n) is 17.5. The summed E-state index contributed by atoms with van der Waals surface area (Å²) >= 11 is 8.59. The van der Waals surface area contributed by atoms with Gasteiger partial charge < -0.3 is 25.0 Å². The molecule has 2 aliphatic rings. The number of hydrogen-bond donors (Lipinski definition) is 2. The van der Waals surface area contributed by atoms with Crippen molar-refractivity contribution in [3.8, 4) is 5.06 Å². The normalized spacial score (nSPS) is 24.0. The fourth-order valence-electron chi connectivity index (χ4n) is 4.33. The first kappa shape index (κ1) is 22.5. The van der Waals surface area contributed by atoms with E-state index < -0.39 is 6.09 Å². The number of thiophene rings is 2. The zero-order chi connectivity index (χ0) is 22.1. The molecule has 1 unspecified atom stereocenters. The third-order valence-electron chi connectivity index (χ3n) is 5.84. The van der Waals surface area contributed by atoms with Crippen molar-refractivity contribution in [2.24, 2.45) is 0 Å². The molecule has 0 aliphatic carbocycles. The van der Waals surface area contributed by atoms with E-state index in [2.05, 4.69) is 24.2 Å². The summed E-state index contributed by atoms with van der Waals surface area (Å²) in [6.45, 7) is 4.35. The number of carbonyl (C=O) groups excluding carboxylic acids is 2. The summed E-state index contributed by atoms with van der Waals surface area (Å²) in [7, 11) is 2.13. The van der Waals surface area contributed by atoms with E-state index in [9.17, 15) is 14.7 Å². The second-order valence-electron chi connectivity index (χ2n) is 8.22. The van der Waals surface area contributed by atoms with Gasteiger partial charge in [0.15, 0.2) is 5.06 Å². The summed E-state index contributed by atoms with van der Waals surface area (Å²) in [5.74, 6) is 0.294. The Morgan fingerprint density at radius 2 is 2.13 bits per heavy atom. The summed E-state index contributed by atoms with van der Waals surface area (Å²) in [6, 6.07) is 4.70. The minimum Gasteiger partial charge on any atom is -0.399 e. The average molecular weight is 484 g/mol. The molecule has 168 valence electrons. The van der Waals surface area contributed by atoms with Crippen molar-refractivity contribution in [3.05, 3.63) is 37.9 Å². The second-order valence-corrected chi connectivity index (χ2v) is 11.0. The van der Waals surface area contributed by atoms with E-state index in [4.69, 9.17) is 16.3 Å². The molecule has 0 bridgehead atoms. The molecule has 4 heterocycles. The highest BCUT2D eigenvalue weighted by Crippen LogP contribution is 2.34. The van der Waals surface area contributed by atoms with Crippen LogP contribution in [0, 0.1) is 0 Å². The minimum atomic E-state index is -0.588. The monoisotopic (exact) mass is 483 g/mol. The number of hydrogen-bond acceptors (Lipinski definition) is 7. The van der Waals surface area contributed by atoms with Gasteiger partial charge in [-0.05, 0) is 49.6 Å². The van der Waals surface area contributed by atoms with E-state index in [1.165, 1.54) is 21.8 Å². The van der Waals surface area contributed by atoms with Crippen molar-refractivity contribution in [3.63, 3.8) is 0 Å². The molecule has 0 radical (unpaired) electrons. The van der Waals surface area contributed by atoms with Crippen LogP contribution in [0.15, 0.2) is 18.2 Å². The molecule has 2 N–H and O–H groups in total. The van der Waals surface area contributed by atoms with E-state index in [1.807, 2.05) is 6.07 Å². The number of rotatable bonds is 4. The molecule has 1 saturated heterocycles. The maximum Gasteiger partial charge on any atom is 0.413 e. The SMILES string of the molecule is CC1CN(C)CCc2sc(C(=O)N3C[C@H](NC(=O)Oc4ccc(Cl)s4)C[C@H]3CO)cc21. The van der Waals surface area contributed by atoms with E-state index in [0.717, 1.165) is 19.5 Å². The van der Waals surface area contributed by atoms with Gasteiger partial charge in [0.05, 0.1) is 27.9 Å². The highest BCUT2D eigenvalue weighted by atomic mass is 35.5. The van der Waals surface area contributed by atoms with Gasteiger partial charge in [-0.15, -0.1) is 11.3 Å². The Hall–Kier alpha value is -1.65. The molecule has 0 aromatic carbocycles. The molecule has 10 heteroatoms. The maximum absolute atomic E-state index is 13.3. The van der Waals surface area contributed by atoms with Gasteiger partial charge >= 0.3 is 6.09 Å². The number of nitrogens with one attached hydrogen (secondary N) is 1. The Kier molecular flexibility index (Phi) is 6.88. The molecule has 3 atom stereocenters. The van der Waals surface area contributed by atoms with Crippen LogP contribution in [0.5, 0.6) is 5.06 Å². The van der Waals surface area contributed by atoms with Crippen LogP contribution >= 0.6 is 34.3 Å². The summed E-state index contributed by atoms with van der Waals surface area (Å²) in [6.07, 6.45) is 0.838. The molecule has 2 aromatic rings. The molecule has 1 fully saturated rings. The molecule has 2 aromatic heterocycles. The summed E-state index contributed by atoms with van der Waals surface area (Å²) < 4.78 is 5.79. The van der Waals surface area contributed by atoms with Crippen LogP contribution in [-0.2, 0) is 6.42 Å². The smallest absolute Gasteiger partial charge is 0.399 e. The lowest BCUT2D eigenvalue weighted by Crippen LogP contribution is -2.40. The summed E-state index contributed by atoms with van der Waals surface area (Å²) in [4.78, 5) is 31.5. The van der Waals surface area contributed by atoms with Gasteiger partial charge in [0.1, 0.15) is 0 Å². The predicted molar refractivity (Wildman–Crippen MR) is 123 cm³/mol. The Bertz CT molecular complexity index is 962. The number of fused-ring (bicyclic) bond motifs is 1. The number of nitrogens with zero attached hydrogens (tertiary/aromatic N) is 2. The number of likely N-dealkylation sites (tertiary alicyclic amines) is 1. The molecule has 0 spiro atoms. The van der Waals surface area contributed by atoms with Crippen LogP contribution in [0.3, 0.4) is 0 Å². The first-order valence-electron chi connectivity index (χ1n) is 10.3. The van der Waals surface area contributed by atoms with Gasteiger partial charge in [-0.25, -0.2) is 4.79 Å². The Labute approximate surface area is 194 Å². The summed E-state index contributed by atoms with van der Waals surface area (Å²) in [5.41, 5.74) is 1.25. The molecule has 0 saturated carbocycles. The van der Waals surface area contributed by atoms with Crippen LogP contribution in [-0.4, -0.2) is 72.3 Å². The van der Waals surface area contributed by atoms with Crippen molar-refractivity contribution in [1.29, 1.82) is 0 Å². The van der Waals surface area contributed by atoms with E-state index >= 15 is 0 Å². The van der Waals surface area contributed by atoms with Crippen LogP contribution in [0.2, 0.25) is 4.34 Å². The van der Waals surface area contributed by atoms with E-state index in [1.54, 1.807) is 28.4 Å². The maximum atomic E-state index is 13.3. The van der Waals surface area contributed by atoms with E-state index in [0.29, 0.717) is 33.2 Å². The van der Waals surface area contributed by atoms with Crippen molar-refractivity contribution in [2.45, 2.75) is 37.8 Å². The largest absolute Gasteiger partial charge is 0.413 e. The van der Waals surface area contributed by atoms with Gasteiger partial charge in [-0.2, -0.15) is 0 Å². The van der Waals surface area contributed by atoms with Crippen LogP contribution in [0.1, 0.15) is 39.4 Å². The number of amides is 2. The zero-order valence-corrected chi connectivity index (χ0v) is 19.9. The molecule has 2 aliphatic heterocycles. The number of aliphatic hydroxyl groups excluding tert-OH is 1. The fraction of sp³-hybridized carbons (Fsp3) is 0.524. The number of halogens is 1. The van der Waals surface area contributed by atoms with Gasteiger partial charge in [-0.3, -0.25) is 4.79 Å². The molecule has 7 nitrogen and oxygen atoms in total. The molecule has 4 rings (SSSR count). The Balaban J connectivity index is 1.42. The predicted octanol–water partition coefficient (Wildman–Crippen LogP) is 3.42. The Morgan fingerprint density at radius 1 is 1.32 bits per heavy atom. The molecule has 31 heavy (non-hydrogen) atoms. The minimum absolute atomic E-state index is 0.0830. The van der Waals surface area contributed by atoms with Crippen molar-refractivity contribution in [1.82, 2.24) is 15.1 Å². The first-order chi connectivity index (χ1) is 14.8. The van der Waals surface area contributed by atoms with Crippen LogP contribution in [0.4, 0.5) is 4.79 Å². The molecular weight excluding hydrogens is 458 g/mol. The van der Waals surface area contributed by atoms with Gasteiger partial charge in [0, 0.05) is 24.5 Å². The Morgan fingerprint density at radius 3 is 2.84 bits per heavy atom. The molecular formula is C21H26ClN3O4S2. The number of likely N-dealkylation sites (N-methyl/N-ethyl adjacent to an activating group) is 1. The van der Waals surface area contributed by atoms with Crippen molar-refractivity contribution in [2.75, 3.05) is 33.3 Å². The van der Waals surface area contributed by atoms with E-state index in [-0.39, 0.29) is 24.6 Å². The highest BCUT2D eigenvalue weighted by Gasteiger charge is 2.37. The number of ether oxygens (including phenoxy) is 1. The molecule has 2 amide bonds. The topological polar surface area (TPSA) is 82.1 Å². The van der Waals surface area contributed by atoms with Crippen molar-refractivity contribution >= 4 is 46.3 Å². The highest BCUT2D eigenvalue weighted by molar-refractivity contribution is 7.17. The van der Waals surface area contributed by atoms with Crippen LogP contribution in [0.25, 0.3) is 0 Å². The first-order valence-corrected chi connectivity index (χ1v) is 12.3. The van der Waals surface area contributed by atoms with Crippen LogP contribution < -0.4 is 10.1 Å². The van der Waals surface area contributed by atoms with Gasteiger partial charge in [0.2, 0.25) is 0 Å². The average Bonchev–Trinajstić information content (AvgIpc) is 3.42.